The van der Waals surface area contributed by atoms with Gasteiger partial charge in [0.2, 0.25) is 10.0 Å². The molecule has 1 heterocycles. The summed E-state index contributed by atoms with van der Waals surface area (Å²) < 4.78 is 32.1. The van der Waals surface area contributed by atoms with Crippen molar-refractivity contribution in [3.05, 3.63) is 28.2 Å². The predicted octanol–water partition coefficient (Wildman–Crippen LogP) is 2.64. The van der Waals surface area contributed by atoms with Crippen molar-refractivity contribution in [1.29, 1.82) is 0 Å². The highest BCUT2D eigenvalue weighted by Gasteiger charge is 2.34. The molecule has 1 aliphatic heterocycles. The molecule has 1 N–H and O–H groups in total. The van der Waals surface area contributed by atoms with Gasteiger partial charge in [-0.3, -0.25) is 0 Å². The number of aliphatic carboxylic acids is 1. The number of carboxylic acids is 1. The van der Waals surface area contributed by atoms with Crippen LogP contribution in [-0.2, 0) is 19.6 Å². The van der Waals surface area contributed by atoms with Crippen molar-refractivity contribution in [3.8, 4) is 0 Å². The molecule has 0 aromatic heterocycles. The number of ether oxygens (including phenoxy) is 1. The van der Waals surface area contributed by atoms with Crippen LogP contribution in [0.4, 0.5) is 0 Å². The van der Waals surface area contributed by atoms with Gasteiger partial charge in [0.05, 0.1) is 21.5 Å². The second-order valence-electron chi connectivity index (χ2n) is 5.25. The molecule has 128 valence electrons. The zero-order valence-electron chi connectivity index (χ0n) is 12.2. The molecule has 6 nitrogen and oxygen atoms in total. The zero-order chi connectivity index (χ0) is 17.0. The van der Waals surface area contributed by atoms with E-state index in [2.05, 4.69) is 0 Å². The molecule has 23 heavy (non-hydrogen) atoms. The van der Waals surface area contributed by atoms with Crippen LogP contribution in [0.1, 0.15) is 19.3 Å². The van der Waals surface area contributed by atoms with Gasteiger partial charge in [0.15, 0.2) is 0 Å². The van der Waals surface area contributed by atoms with E-state index in [0.29, 0.717) is 13.0 Å². The van der Waals surface area contributed by atoms with E-state index in [0.717, 1.165) is 12.8 Å². The lowest BCUT2D eigenvalue weighted by atomic mass is 10.1. The summed E-state index contributed by atoms with van der Waals surface area (Å²) in [4.78, 5) is 10.6. The summed E-state index contributed by atoms with van der Waals surface area (Å²) in [7, 11) is -3.74. The largest absolute Gasteiger partial charge is 0.480 e. The Morgan fingerprint density at radius 1 is 1.30 bits per heavy atom. The van der Waals surface area contributed by atoms with Gasteiger partial charge in [-0.2, -0.15) is 4.31 Å². The lowest BCUT2D eigenvalue weighted by Crippen LogP contribution is -2.46. The fourth-order valence-electron chi connectivity index (χ4n) is 2.51. The van der Waals surface area contributed by atoms with Crippen LogP contribution < -0.4 is 0 Å². The summed E-state index contributed by atoms with van der Waals surface area (Å²) in [5.41, 5.74) is 0. The number of sulfonamides is 1. The number of hydrogen-bond donors (Lipinski definition) is 1. The number of hydrogen-bond acceptors (Lipinski definition) is 4. The SMILES string of the molecule is O=C(O)COCC1CCCCN1S(=O)(=O)c1ccc(Cl)c(Cl)c1. The Labute approximate surface area is 145 Å². The number of rotatable bonds is 6. The molecule has 0 saturated carbocycles. The van der Waals surface area contributed by atoms with Crippen LogP contribution >= 0.6 is 23.2 Å². The van der Waals surface area contributed by atoms with E-state index in [4.69, 9.17) is 33.0 Å². The van der Waals surface area contributed by atoms with E-state index in [9.17, 15) is 13.2 Å². The number of carboxylic acid groups (broad SMARTS) is 1. The molecule has 1 atom stereocenters. The molecule has 2 rings (SSSR count). The maximum Gasteiger partial charge on any atom is 0.329 e. The van der Waals surface area contributed by atoms with E-state index < -0.39 is 22.6 Å². The van der Waals surface area contributed by atoms with Gasteiger partial charge in [0.25, 0.3) is 0 Å². The summed E-state index contributed by atoms with van der Waals surface area (Å²) in [5, 5.41) is 9.07. The van der Waals surface area contributed by atoms with Crippen LogP contribution in [0, 0.1) is 0 Å². The Balaban J connectivity index is 2.20. The van der Waals surface area contributed by atoms with Crippen LogP contribution in [0.3, 0.4) is 0 Å². The van der Waals surface area contributed by atoms with E-state index in [1.54, 1.807) is 0 Å². The molecular weight excluding hydrogens is 365 g/mol. The van der Waals surface area contributed by atoms with Gasteiger partial charge in [-0.1, -0.05) is 29.6 Å². The third kappa shape index (κ3) is 4.58. The van der Waals surface area contributed by atoms with Crippen molar-refractivity contribution < 1.29 is 23.1 Å². The number of nitrogens with zero attached hydrogens (tertiary/aromatic N) is 1. The van der Waals surface area contributed by atoms with Crippen LogP contribution in [0.15, 0.2) is 23.1 Å². The molecule has 9 heteroatoms. The van der Waals surface area contributed by atoms with Crippen LogP contribution in [0.5, 0.6) is 0 Å². The second-order valence-corrected chi connectivity index (χ2v) is 7.96. The first kappa shape index (κ1) is 18.5. The summed E-state index contributed by atoms with van der Waals surface area (Å²) in [6.07, 6.45) is 2.24. The third-order valence-electron chi connectivity index (χ3n) is 3.61. The monoisotopic (exact) mass is 381 g/mol. The van der Waals surface area contributed by atoms with Gasteiger partial charge in [-0.25, -0.2) is 13.2 Å². The first-order valence-corrected chi connectivity index (χ1v) is 9.28. The van der Waals surface area contributed by atoms with Crippen molar-refractivity contribution in [2.75, 3.05) is 19.8 Å². The van der Waals surface area contributed by atoms with Gasteiger partial charge in [-0.05, 0) is 31.0 Å². The number of benzene rings is 1. The summed E-state index contributed by atoms with van der Waals surface area (Å²) >= 11 is 11.7. The maximum atomic E-state index is 12.8. The number of piperidine rings is 1. The number of carbonyl (C=O) groups is 1. The third-order valence-corrected chi connectivity index (χ3v) is 6.29. The molecule has 1 fully saturated rings. The Bertz CT molecular complexity index is 680. The fraction of sp³-hybridized carbons (Fsp3) is 0.500. The van der Waals surface area contributed by atoms with Gasteiger partial charge < -0.3 is 9.84 Å². The van der Waals surface area contributed by atoms with Crippen LogP contribution in [-0.4, -0.2) is 49.6 Å². The van der Waals surface area contributed by atoms with Crippen molar-refractivity contribution in [2.45, 2.75) is 30.2 Å². The van der Waals surface area contributed by atoms with Crippen molar-refractivity contribution in [3.63, 3.8) is 0 Å². The van der Waals surface area contributed by atoms with E-state index in [1.807, 2.05) is 0 Å². The molecule has 0 spiro atoms. The van der Waals surface area contributed by atoms with Crippen molar-refractivity contribution >= 4 is 39.2 Å². The highest BCUT2D eigenvalue weighted by atomic mass is 35.5. The minimum atomic E-state index is -3.74. The first-order valence-electron chi connectivity index (χ1n) is 7.09. The standard InChI is InChI=1S/C14H17Cl2NO5S/c15-12-5-4-11(7-13(12)16)23(20,21)17-6-2-1-3-10(17)8-22-9-14(18)19/h4-5,7,10H,1-3,6,8-9H2,(H,18,19). The topological polar surface area (TPSA) is 83.9 Å². The van der Waals surface area contributed by atoms with E-state index in [-0.39, 0.29) is 27.6 Å². The minimum Gasteiger partial charge on any atom is -0.480 e. The highest BCUT2D eigenvalue weighted by Crippen LogP contribution is 2.29. The van der Waals surface area contributed by atoms with Gasteiger partial charge >= 0.3 is 5.97 Å². The Morgan fingerprint density at radius 2 is 2.04 bits per heavy atom. The maximum absolute atomic E-state index is 12.8. The average Bonchev–Trinajstić information content (AvgIpc) is 2.50. The summed E-state index contributed by atoms with van der Waals surface area (Å²) in [6, 6.07) is 3.79. The second kappa shape index (κ2) is 7.81. The van der Waals surface area contributed by atoms with Gasteiger partial charge in [-0.15, -0.1) is 0 Å². The van der Waals surface area contributed by atoms with E-state index >= 15 is 0 Å². The average molecular weight is 382 g/mol. The molecule has 0 amide bonds. The molecule has 1 saturated heterocycles. The number of halogens is 2. The molecule has 0 aliphatic carbocycles. The summed E-state index contributed by atoms with van der Waals surface area (Å²) in [5.74, 6) is -1.08. The molecule has 1 unspecified atom stereocenters. The Hall–Kier alpha value is -0.860. The molecule has 1 aliphatic rings. The quantitative estimate of drug-likeness (QED) is 0.818. The minimum absolute atomic E-state index is 0.0485. The van der Waals surface area contributed by atoms with Crippen molar-refractivity contribution in [1.82, 2.24) is 4.31 Å². The Morgan fingerprint density at radius 3 is 2.70 bits per heavy atom. The fourth-order valence-corrected chi connectivity index (χ4v) is 4.58. The normalized spacial score (nSPS) is 19.7. The molecule has 0 radical (unpaired) electrons. The molecule has 1 aromatic carbocycles. The van der Waals surface area contributed by atoms with E-state index in [1.165, 1.54) is 22.5 Å². The molecule has 0 bridgehead atoms. The van der Waals surface area contributed by atoms with Crippen LogP contribution in [0.2, 0.25) is 10.0 Å². The molecule has 1 aromatic rings. The van der Waals surface area contributed by atoms with Gasteiger partial charge in [0.1, 0.15) is 6.61 Å². The Kier molecular flexibility index (Phi) is 6.27. The van der Waals surface area contributed by atoms with Crippen molar-refractivity contribution in [2.24, 2.45) is 0 Å². The first-order chi connectivity index (χ1) is 10.8. The lowest BCUT2D eigenvalue weighted by molar-refractivity contribution is -0.142. The zero-order valence-corrected chi connectivity index (χ0v) is 14.6. The molecular formula is C14H17Cl2NO5S. The highest BCUT2D eigenvalue weighted by molar-refractivity contribution is 7.89. The predicted molar refractivity (Wildman–Crippen MR) is 86.4 cm³/mol. The van der Waals surface area contributed by atoms with Gasteiger partial charge in [0, 0.05) is 12.6 Å². The van der Waals surface area contributed by atoms with Crippen LogP contribution in [0.25, 0.3) is 0 Å². The smallest absolute Gasteiger partial charge is 0.329 e. The lowest BCUT2D eigenvalue weighted by Gasteiger charge is -2.34. The summed E-state index contributed by atoms with van der Waals surface area (Å²) in [6.45, 7) is -0.0340.